The van der Waals surface area contributed by atoms with Gasteiger partial charge in [0.05, 0.1) is 22.1 Å². The number of nitriles is 1. The molecular weight excluding hydrogens is 326 g/mol. The fraction of sp³-hybridized carbons (Fsp3) is 0.500. The van der Waals surface area contributed by atoms with Gasteiger partial charge in [-0.3, -0.25) is 0 Å². The topological polar surface area (TPSA) is 57.9 Å². The van der Waals surface area contributed by atoms with Crippen LogP contribution < -0.4 is 0 Å². The Bertz CT molecular complexity index is 589. The molecule has 0 heterocycles. The van der Waals surface area contributed by atoms with E-state index in [2.05, 4.69) is 28.9 Å². The average Bonchev–Trinajstić information content (AvgIpc) is 2.39. The smallest absolute Gasteiger partial charge is 0.182 e. The molecule has 3 unspecified atom stereocenters. The molecule has 0 amide bonds. The lowest BCUT2D eigenvalue weighted by molar-refractivity contribution is 0.335. The molecule has 3 nitrogen and oxygen atoms in total. The van der Waals surface area contributed by atoms with Crippen molar-refractivity contribution in [1.82, 2.24) is 0 Å². The van der Waals surface area contributed by atoms with Crippen LogP contribution in [0.4, 0.5) is 0 Å². The number of nitrogens with zero attached hydrogens (tertiary/aromatic N) is 1. The number of halogens is 1. The van der Waals surface area contributed by atoms with Crippen molar-refractivity contribution in [2.24, 2.45) is 11.8 Å². The molecule has 1 fully saturated rings. The molecule has 1 aliphatic carbocycles. The predicted molar refractivity (Wildman–Crippen MR) is 77.2 cm³/mol. The fourth-order valence-corrected chi connectivity index (χ4v) is 4.96. The first kappa shape index (κ1) is 14.5. The van der Waals surface area contributed by atoms with Crippen molar-refractivity contribution in [3.05, 3.63) is 28.7 Å². The van der Waals surface area contributed by atoms with Crippen molar-refractivity contribution in [3.8, 4) is 6.07 Å². The summed E-state index contributed by atoms with van der Waals surface area (Å²) in [7, 11) is -3.42. The van der Waals surface area contributed by atoms with Crippen molar-refractivity contribution in [3.63, 3.8) is 0 Å². The van der Waals surface area contributed by atoms with Gasteiger partial charge in [0, 0.05) is 4.47 Å². The van der Waals surface area contributed by atoms with Crippen LogP contribution in [-0.2, 0) is 9.84 Å². The van der Waals surface area contributed by atoms with Crippen LogP contribution in [-0.4, -0.2) is 13.7 Å². The van der Waals surface area contributed by atoms with Gasteiger partial charge in [-0.1, -0.05) is 22.9 Å². The minimum atomic E-state index is -3.42. The number of sulfone groups is 1. The van der Waals surface area contributed by atoms with Crippen LogP contribution in [0.2, 0.25) is 0 Å². The zero-order valence-corrected chi connectivity index (χ0v) is 13.1. The van der Waals surface area contributed by atoms with Crippen LogP contribution in [0.25, 0.3) is 0 Å². The van der Waals surface area contributed by atoms with Crippen LogP contribution >= 0.6 is 15.9 Å². The van der Waals surface area contributed by atoms with Gasteiger partial charge in [0.1, 0.15) is 0 Å². The van der Waals surface area contributed by atoms with Crippen LogP contribution in [0, 0.1) is 23.2 Å². The van der Waals surface area contributed by atoms with Gasteiger partial charge in [-0.05, 0) is 49.4 Å². The number of benzene rings is 1. The van der Waals surface area contributed by atoms with E-state index in [0.717, 1.165) is 10.9 Å². The third-order valence-corrected chi connectivity index (χ3v) is 6.54. The molecule has 2 rings (SSSR count). The Morgan fingerprint density at radius 2 is 1.89 bits per heavy atom. The molecule has 0 aliphatic heterocycles. The first-order valence-corrected chi connectivity index (χ1v) is 8.68. The van der Waals surface area contributed by atoms with Gasteiger partial charge in [0.15, 0.2) is 9.84 Å². The summed E-state index contributed by atoms with van der Waals surface area (Å²) >= 11 is 3.30. The Balaban J connectivity index is 2.37. The quantitative estimate of drug-likeness (QED) is 0.826. The molecule has 19 heavy (non-hydrogen) atoms. The van der Waals surface area contributed by atoms with Gasteiger partial charge in [-0.25, -0.2) is 8.42 Å². The lowest BCUT2D eigenvalue weighted by atomic mass is 9.83. The zero-order valence-electron chi connectivity index (χ0n) is 10.7. The molecule has 1 saturated carbocycles. The molecule has 3 atom stereocenters. The van der Waals surface area contributed by atoms with E-state index in [4.69, 9.17) is 0 Å². The first-order valence-electron chi connectivity index (χ1n) is 6.34. The van der Waals surface area contributed by atoms with Gasteiger partial charge in [-0.15, -0.1) is 0 Å². The number of hydrogen-bond donors (Lipinski definition) is 0. The second-order valence-corrected chi connectivity index (χ2v) is 8.27. The Kier molecular flexibility index (Phi) is 4.32. The van der Waals surface area contributed by atoms with E-state index in [1.807, 2.05) is 0 Å². The Labute approximate surface area is 122 Å². The SMILES string of the molecule is CC1CCC(C#N)C(S(=O)(=O)c2ccc(Br)cc2)C1. The van der Waals surface area contributed by atoms with Gasteiger partial charge in [-0.2, -0.15) is 5.26 Å². The average molecular weight is 342 g/mol. The van der Waals surface area contributed by atoms with Crippen molar-refractivity contribution >= 4 is 25.8 Å². The van der Waals surface area contributed by atoms with Gasteiger partial charge >= 0.3 is 0 Å². The van der Waals surface area contributed by atoms with Gasteiger partial charge in [0.2, 0.25) is 0 Å². The Morgan fingerprint density at radius 3 is 2.47 bits per heavy atom. The molecule has 0 aromatic heterocycles. The zero-order chi connectivity index (χ0) is 14.0. The summed E-state index contributed by atoms with van der Waals surface area (Å²) < 4.78 is 26.1. The fourth-order valence-electron chi connectivity index (χ4n) is 2.62. The molecule has 5 heteroatoms. The van der Waals surface area contributed by atoms with Crippen LogP contribution in [0.15, 0.2) is 33.6 Å². The maximum Gasteiger partial charge on any atom is 0.182 e. The summed E-state index contributed by atoms with van der Waals surface area (Å²) in [6.07, 6.45) is 2.19. The van der Waals surface area contributed by atoms with Crippen molar-refractivity contribution in [1.29, 1.82) is 5.26 Å². The summed E-state index contributed by atoms with van der Waals surface area (Å²) in [6, 6.07) is 8.83. The van der Waals surface area contributed by atoms with E-state index in [-0.39, 0.29) is 5.92 Å². The normalized spacial score (nSPS) is 27.7. The third kappa shape index (κ3) is 3.01. The van der Waals surface area contributed by atoms with Crippen molar-refractivity contribution in [2.75, 3.05) is 0 Å². The summed E-state index contributed by atoms with van der Waals surface area (Å²) in [6.45, 7) is 2.05. The Morgan fingerprint density at radius 1 is 1.26 bits per heavy atom. The summed E-state index contributed by atoms with van der Waals surface area (Å²) in [4.78, 5) is 0.315. The number of rotatable bonds is 2. The largest absolute Gasteiger partial charge is 0.223 e. The molecule has 1 aromatic carbocycles. The summed E-state index contributed by atoms with van der Waals surface area (Å²) in [5, 5.41) is 8.61. The van der Waals surface area contributed by atoms with Crippen LogP contribution in [0.5, 0.6) is 0 Å². The molecule has 0 radical (unpaired) electrons. The van der Waals surface area contributed by atoms with E-state index in [1.165, 1.54) is 0 Å². The summed E-state index contributed by atoms with van der Waals surface area (Å²) in [5.74, 6) is -0.0235. The van der Waals surface area contributed by atoms with E-state index < -0.39 is 15.1 Å². The highest BCUT2D eigenvalue weighted by atomic mass is 79.9. The highest BCUT2D eigenvalue weighted by molar-refractivity contribution is 9.10. The second-order valence-electron chi connectivity index (χ2n) is 5.19. The third-order valence-electron chi connectivity index (χ3n) is 3.76. The minimum Gasteiger partial charge on any atom is -0.223 e. The van der Waals surface area contributed by atoms with Crippen LogP contribution in [0.3, 0.4) is 0 Å². The molecule has 0 saturated heterocycles. The molecule has 0 bridgehead atoms. The van der Waals surface area contributed by atoms with E-state index in [1.54, 1.807) is 24.3 Å². The molecule has 1 aliphatic rings. The first-order chi connectivity index (χ1) is 8.95. The Hall–Kier alpha value is -0.860. The lowest BCUT2D eigenvalue weighted by Gasteiger charge is -2.30. The number of hydrogen-bond acceptors (Lipinski definition) is 3. The van der Waals surface area contributed by atoms with E-state index in [9.17, 15) is 13.7 Å². The molecular formula is C14H16BrNO2S. The second kappa shape index (κ2) is 5.64. The lowest BCUT2D eigenvalue weighted by Crippen LogP contribution is -2.34. The predicted octanol–water partition coefficient (Wildman–Crippen LogP) is 3.55. The summed E-state index contributed by atoms with van der Waals surface area (Å²) in [5.41, 5.74) is 0. The van der Waals surface area contributed by atoms with E-state index >= 15 is 0 Å². The molecule has 102 valence electrons. The van der Waals surface area contributed by atoms with Crippen LogP contribution in [0.1, 0.15) is 26.2 Å². The highest BCUT2D eigenvalue weighted by Crippen LogP contribution is 2.35. The van der Waals surface area contributed by atoms with Gasteiger partial charge < -0.3 is 0 Å². The van der Waals surface area contributed by atoms with Gasteiger partial charge in [0.25, 0.3) is 0 Å². The maximum atomic E-state index is 12.6. The maximum absolute atomic E-state index is 12.6. The monoisotopic (exact) mass is 341 g/mol. The standard InChI is InChI=1S/C14H16BrNO2S/c1-10-2-3-11(9-16)14(8-10)19(17,18)13-6-4-12(15)5-7-13/h4-7,10-11,14H,2-3,8H2,1H3. The van der Waals surface area contributed by atoms with Crippen molar-refractivity contribution < 1.29 is 8.42 Å². The molecule has 0 spiro atoms. The highest BCUT2D eigenvalue weighted by Gasteiger charge is 2.38. The minimum absolute atomic E-state index is 0.315. The van der Waals surface area contributed by atoms with E-state index in [0.29, 0.717) is 23.7 Å². The van der Waals surface area contributed by atoms with Crippen molar-refractivity contribution in [2.45, 2.75) is 36.3 Å². The molecule has 0 N–H and O–H groups in total. The molecule has 1 aromatic rings.